The molecule has 2 heterocycles. The quantitative estimate of drug-likeness (QED) is 0.684. The van der Waals surface area contributed by atoms with Crippen LogP contribution in [0.15, 0.2) is 52.9 Å². The van der Waals surface area contributed by atoms with Crippen LogP contribution in [0.4, 0.5) is 4.39 Å². The van der Waals surface area contributed by atoms with Crippen LogP contribution in [0.5, 0.6) is 5.75 Å². The molecule has 4 rings (SSSR count). The normalized spacial score (nSPS) is 16.2. The topological polar surface area (TPSA) is 57.4 Å². The lowest BCUT2D eigenvalue weighted by molar-refractivity contribution is 0.0541. The number of nitrogens with zero attached hydrogens (tertiary/aromatic N) is 2. The molecule has 27 heavy (non-hydrogen) atoms. The summed E-state index contributed by atoms with van der Waals surface area (Å²) in [5.41, 5.74) is 1.23. The number of ether oxygens (including phenoxy) is 2. The van der Waals surface area contributed by atoms with Crippen LogP contribution < -0.4 is 4.74 Å². The maximum Gasteiger partial charge on any atom is 0.227 e. The highest BCUT2D eigenvalue weighted by atomic mass is 19.1. The third-order valence-corrected chi connectivity index (χ3v) is 5.16. The average Bonchev–Trinajstić information content (AvgIpc) is 3.19. The van der Waals surface area contributed by atoms with Gasteiger partial charge in [-0.2, -0.15) is 0 Å². The molecule has 3 aromatic rings. The van der Waals surface area contributed by atoms with Crippen molar-refractivity contribution < 1.29 is 18.3 Å². The van der Waals surface area contributed by atoms with Crippen molar-refractivity contribution in [2.45, 2.75) is 24.7 Å². The highest BCUT2D eigenvalue weighted by Gasteiger charge is 2.41. The summed E-state index contributed by atoms with van der Waals surface area (Å²) >= 11 is 0. The Labute approximate surface area is 157 Å². The number of rotatable bonds is 5. The Kier molecular flexibility index (Phi) is 4.90. The second-order valence-corrected chi connectivity index (χ2v) is 6.69. The molecule has 1 saturated heterocycles. The predicted molar refractivity (Wildman–Crippen MR) is 97.3 cm³/mol. The van der Waals surface area contributed by atoms with Gasteiger partial charge < -0.3 is 13.9 Å². The van der Waals surface area contributed by atoms with Crippen LogP contribution in [0.1, 0.15) is 35.7 Å². The molecule has 1 fully saturated rings. The fourth-order valence-electron chi connectivity index (χ4n) is 3.58. The van der Waals surface area contributed by atoms with Crippen molar-refractivity contribution in [2.24, 2.45) is 0 Å². The molecular formula is C21H21FN2O3. The van der Waals surface area contributed by atoms with E-state index in [0.29, 0.717) is 30.6 Å². The van der Waals surface area contributed by atoms with E-state index in [4.69, 9.17) is 13.9 Å². The number of hydrogen-bond donors (Lipinski definition) is 0. The Hall–Kier alpha value is -2.73. The third-order valence-electron chi connectivity index (χ3n) is 5.16. The van der Waals surface area contributed by atoms with Gasteiger partial charge in [-0.05, 0) is 42.2 Å². The minimum absolute atomic E-state index is 0.270. The number of hydrogen-bond acceptors (Lipinski definition) is 5. The summed E-state index contributed by atoms with van der Waals surface area (Å²) < 4.78 is 30.8. The average molecular weight is 368 g/mol. The fraction of sp³-hybridized carbons (Fsp3) is 0.333. The van der Waals surface area contributed by atoms with Gasteiger partial charge in [-0.1, -0.05) is 30.3 Å². The minimum Gasteiger partial charge on any atom is -0.497 e. The molecule has 0 aliphatic carbocycles. The van der Waals surface area contributed by atoms with E-state index in [2.05, 4.69) is 10.2 Å². The van der Waals surface area contributed by atoms with Gasteiger partial charge in [-0.25, -0.2) is 4.39 Å². The van der Waals surface area contributed by atoms with Crippen molar-refractivity contribution >= 4 is 0 Å². The highest BCUT2D eigenvalue weighted by molar-refractivity contribution is 5.37. The SMILES string of the molecule is COc1ccc(C2(c3nnc(Cc4ccccc4F)o3)CCOCC2)cc1. The molecular weight excluding hydrogens is 347 g/mol. The predicted octanol–water partition coefficient (Wildman–Crippen LogP) is 3.90. The molecule has 2 aromatic carbocycles. The van der Waals surface area contributed by atoms with Crippen LogP contribution in [0.2, 0.25) is 0 Å². The molecule has 0 amide bonds. The summed E-state index contributed by atoms with van der Waals surface area (Å²) in [5.74, 6) is 1.50. The zero-order valence-corrected chi connectivity index (χ0v) is 15.2. The van der Waals surface area contributed by atoms with Gasteiger partial charge >= 0.3 is 0 Å². The van der Waals surface area contributed by atoms with Crippen molar-refractivity contribution in [3.63, 3.8) is 0 Å². The molecule has 0 radical (unpaired) electrons. The van der Waals surface area contributed by atoms with E-state index >= 15 is 0 Å². The molecule has 6 heteroatoms. The van der Waals surface area contributed by atoms with Gasteiger partial charge in [-0.3, -0.25) is 0 Å². The van der Waals surface area contributed by atoms with Gasteiger partial charge in [0.05, 0.1) is 18.9 Å². The summed E-state index contributed by atoms with van der Waals surface area (Å²) in [5, 5.41) is 8.51. The van der Waals surface area contributed by atoms with Gasteiger partial charge in [-0.15, -0.1) is 10.2 Å². The monoisotopic (exact) mass is 368 g/mol. The van der Waals surface area contributed by atoms with Crippen LogP contribution in [0, 0.1) is 5.82 Å². The molecule has 0 spiro atoms. The highest BCUT2D eigenvalue weighted by Crippen LogP contribution is 2.41. The lowest BCUT2D eigenvalue weighted by Crippen LogP contribution is -2.35. The van der Waals surface area contributed by atoms with E-state index in [1.165, 1.54) is 6.07 Å². The Morgan fingerprint density at radius 2 is 1.78 bits per heavy atom. The molecule has 0 saturated carbocycles. The molecule has 0 N–H and O–H groups in total. The minimum atomic E-state index is -0.398. The lowest BCUT2D eigenvalue weighted by Gasteiger charge is -2.34. The van der Waals surface area contributed by atoms with Crippen molar-refractivity contribution in [1.82, 2.24) is 10.2 Å². The van der Waals surface area contributed by atoms with E-state index in [0.717, 1.165) is 24.2 Å². The van der Waals surface area contributed by atoms with Crippen LogP contribution in [-0.2, 0) is 16.6 Å². The maximum atomic E-state index is 13.9. The van der Waals surface area contributed by atoms with Crippen LogP contribution in [0.3, 0.4) is 0 Å². The first-order chi connectivity index (χ1) is 13.2. The third kappa shape index (κ3) is 3.45. The lowest BCUT2D eigenvalue weighted by atomic mass is 9.74. The zero-order chi connectivity index (χ0) is 18.7. The van der Waals surface area contributed by atoms with E-state index < -0.39 is 5.41 Å². The van der Waals surface area contributed by atoms with Crippen LogP contribution in [0.25, 0.3) is 0 Å². The van der Waals surface area contributed by atoms with E-state index in [1.807, 2.05) is 24.3 Å². The first-order valence-corrected chi connectivity index (χ1v) is 9.00. The number of halogens is 1. The Morgan fingerprint density at radius 1 is 1.04 bits per heavy atom. The Morgan fingerprint density at radius 3 is 2.48 bits per heavy atom. The van der Waals surface area contributed by atoms with Crippen LogP contribution in [-0.4, -0.2) is 30.5 Å². The largest absolute Gasteiger partial charge is 0.497 e. The van der Waals surface area contributed by atoms with E-state index in [1.54, 1.807) is 25.3 Å². The first kappa shape index (κ1) is 17.7. The molecule has 0 unspecified atom stereocenters. The smallest absolute Gasteiger partial charge is 0.227 e. The summed E-state index contributed by atoms with van der Waals surface area (Å²) in [6.07, 6.45) is 1.77. The second-order valence-electron chi connectivity index (χ2n) is 6.69. The standard InChI is InChI=1S/C21H21FN2O3/c1-25-17-8-6-16(7-9-17)21(10-12-26-13-11-21)20-24-23-19(27-20)14-15-4-2-3-5-18(15)22/h2-9H,10-14H2,1H3. The molecule has 0 atom stereocenters. The zero-order valence-electron chi connectivity index (χ0n) is 15.2. The van der Waals surface area contributed by atoms with Crippen molar-refractivity contribution in [1.29, 1.82) is 0 Å². The molecule has 1 aliphatic rings. The van der Waals surface area contributed by atoms with Crippen LogP contribution >= 0.6 is 0 Å². The van der Waals surface area contributed by atoms with Gasteiger partial charge in [0.15, 0.2) is 0 Å². The fourth-order valence-corrected chi connectivity index (χ4v) is 3.58. The van der Waals surface area contributed by atoms with E-state index in [9.17, 15) is 4.39 Å². The summed E-state index contributed by atoms with van der Waals surface area (Å²) in [4.78, 5) is 0. The van der Waals surface area contributed by atoms with Gasteiger partial charge in [0.2, 0.25) is 11.8 Å². The van der Waals surface area contributed by atoms with Crippen molar-refractivity contribution in [3.8, 4) is 5.75 Å². The molecule has 0 bridgehead atoms. The summed E-state index contributed by atoms with van der Waals surface area (Å²) in [6, 6.07) is 14.6. The van der Waals surface area contributed by atoms with Crippen molar-refractivity contribution in [2.75, 3.05) is 20.3 Å². The molecule has 1 aliphatic heterocycles. The summed E-state index contributed by atoms with van der Waals surface area (Å²) in [7, 11) is 1.65. The molecule has 1 aromatic heterocycles. The van der Waals surface area contributed by atoms with Gasteiger partial charge in [0.1, 0.15) is 11.6 Å². The van der Waals surface area contributed by atoms with Crippen molar-refractivity contribution in [3.05, 3.63) is 77.3 Å². The van der Waals surface area contributed by atoms with E-state index in [-0.39, 0.29) is 12.2 Å². The number of benzene rings is 2. The van der Waals surface area contributed by atoms with Gasteiger partial charge in [0, 0.05) is 13.2 Å². The molecule has 140 valence electrons. The number of methoxy groups -OCH3 is 1. The molecule has 5 nitrogen and oxygen atoms in total. The summed E-state index contributed by atoms with van der Waals surface area (Å²) in [6.45, 7) is 1.24. The number of aromatic nitrogens is 2. The Balaban J connectivity index is 1.67. The van der Waals surface area contributed by atoms with Gasteiger partial charge in [0.25, 0.3) is 0 Å². The Bertz CT molecular complexity index is 902. The second kappa shape index (κ2) is 7.48. The first-order valence-electron chi connectivity index (χ1n) is 9.00. The maximum absolute atomic E-state index is 13.9.